The summed E-state index contributed by atoms with van der Waals surface area (Å²) in [5.74, 6) is -3.77. The van der Waals surface area contributed by atoms with Gasteiger partial charge in [-0.15, -0.1) is 11.3 Å². The highest BCUT2D eigenvalue weighted by Gasteiger charge is 2.48. The van der Waals surface area contributed by atoms with Crippen molar-refractivity contribution in [3.8, 4) is 0 Å². The van der Waals surface area contributed by atoms with Gasteiger partial charge in [-0.05, 0) is 18.6 Å². The first kappa shape index (κ1) is 19.2. The summed E-state index contributed by atoms with van der Waals surface area (Å²) < 4.78 is 1.54. The van der Waals surface area contributed by atoms with Crippen LogP contribution in [0.25, 0.3) is 10.2 Å². The second-order valence-electron chi connectivity index (χ2n) is 5.45. The second-order valence-corrected chi connectivity index (χ2v) is 7.70. The minimum atomic E-state index is -2.04. The fourth-order valence-corrected chi connectivity index (χ4v) is 4.46. The molecular formula is C16H18N2O5S2. The minimum absolute atomic E-state index is 0.204. The highest BCUT2D eigenvalue weighted by Crippen LogP contribution is 2.36. The van der Waals surface area contributed by atoms with Crippen molar-refractivity contribution in [2.24, 2.45) is 5.41 Å². The van der Waals surface area contributed by atoms with E-state index in [1.807, 2.05) is 31.2 Å². The average molecular weight is 382 g/mol. The van der Waals surface area contributed by atoms with Crippen molar-refractivity contribution in [3.05, 3.63) is 24.3 Å². The summed E-state index contributed by atoms with van der Waals surface area (Å²) in [4.78, 5) is 39.8. The highest BCUT2D eigenvalue weighted by molar-refractivity contribution is 8.01. The molecule has 3 N–H and O–H groups in total. The molecule has 0 radical (unpaired) electrons. The van der Waals surface area contributed by atoms with Crippen molar-refractivity contribution in [1.29, 1.82) is 0 Å². The molecule has 25 heavy (non-hydrogen) atoms. The molecule has 1 unspecified atom stereocenters. The molecule has 1 aromatic carbocycles. The van der Waals surface area contributed by atoms with Gasteiger partial charge in [-0.1, -0.05) is 30.8 Å². The number of nitrogens with one attached hydrogen (secondary N) is 1. The maximum Gasteiger partial charge on any atom is 0.320 e. The molecule has 0 aliphatic rings. The van der Waals surface area contributed by atoms with Gasteiger partial charge >= 0.3 is 11.9 Å². The maximum absolute atomic E-state index is 12.4. The standard InChI is InChI=1S/C16H18N2O5S2/c1-2-7-17-13(21)16(14(22)23,8-12(19)20)9-24-15-18-10-5-3-4-6-11(10)25-15/h3-6H,2,7-9H2,1H3,(H,17,21)(H,19,20)(H,22,23). The summed E-state index contributed by atoms with van der Waals surface area (Å²) in [6.07, 6.45) is -0.157. The zero-order chi connectivity index (χ0) is 18.4. The van der Waals surface area contributed by atoms with E-state index < -0.39 is 29.7 Å². The molecule has 9 heteroatoms. The third kappa shape index (κ3) is 4.49. The van der Waals surface area contributed by atoms with Gasteiger partial charge in [0.1, 0.15) is 0 Å². The number of fused-ring (bicyclic) bond motifs is 1. The number of aliphatic carboxylic acids is 2. The number of para-hydroxylation sites is 1. The predicted octanol–water partition coefficient (Wildman–Crippen LogP) is 2.46. The third-order valence-corrected chi connectivity index (χ3v) is 5.96. The van der Waals surface area contributed by atoms with Crippen LogP contribution in [0.1, 0.15) is 19.8 Å². The Labute approximate surface area is 152 Å². The molecule has 0 spiro atoms. The van der Waals surface area contributed by atoms with E-state index in [0.717, 1.165) is 22.0 Å². The molecule has 7 nitrogen and oxygen atoms in total. The number of aromatic nitrogens is 1. The zero-order valence-electron chi connectivity index (χ0n) is 13.5. The van der Waals surface area contributed by atoms with Crippen molar-refractivity contribution in [2.75, 3.05) is 12.3 Å². The van der Waals surface area contributed by atoms with Gasteiger partial charge in [0.15, 0.2) is 9.75 Å². The van der Waals surface area contributed by atoms with Crippen LogP contribution >= 0.6 is 23.1 Å². The first-order valence-corrected chi connectivity index (χ1v) is 9.41. The van der Waals surface area contributed by atoms with E-state index in [1.165, 1.54) is 11.3 Å². The molecule has 0 aliphatic heterocycles. The van der Waals surface area contributed by atoms with Gasteiger partial charge in [0.2, 0.25) is 5.91 Å². The number of nitrogens with zero attached hydrogens (tertiary/aromatic N) is 1. The van der Waals surface area contributed by atoms with Gasteiger partial charge in [-0.3, -0.25) is 14.4 Å². The quantitative estimate of drug-likeness (QED) is 0.450. The number of carboxylic acid groups (broad SMARTS) is 2. The lowest BCUT2D eigenvalue weighted by Crippen LogP contribution is -2.50. The van der Waals surface area contributed by atoms with Crippen LogP contribution in [0.3, 0.4) is 0 Å². The summed E-state index contributed by atoms with van der Waals surface area (Å²) in [7, 11) is 0. The van der Waals surface area contributed by atoms with Crippen LogP contribution in [-0.4, -0.2) is 45.3 Å². The Hall–Kier alpha value is -2.13. The van der Waals surface area contributed by atoms with Crippen LogP contribution in [-0.2, 0) is 14.4 Å². The Balaban J connectivity index is 2.25. The van der Waals surface area contributed by atoms with Crippen LogP contribution in [0.15, 0.2) is 28.6 Å². The van der Waals surface area contributed by atoms with Crippen molar-refractivity contribution < 1.29 is 24.6 Å². The van der Waals surface area contributed by atoms with E-state index in [2.05, 4.69) is 10.3 Å². The van der Waals surface area contributed by atoms with Crippen LogP contribution in [0.2, 0.25) is 0 Å². The number of carboxylic acids is 2. The van der Waals surface area contributed by atoms with Crippen molar-refractivity contribution in [2.45, 2.75) is 24.1 Å². The first-order valence-electron chi connectivity index (χ1n) is 7.61. The summed E-state index contributed by atoms with van der Waals surface area (Å²) in [5.41, 5.74) is -1.26. The summed E-state index contributed by atoms with van der Waals surface area (Å²) >= 11 is 2.47. The van der Waals surface area contributed by atoms with E-state index in [9.17, 15) is 19.5 Å². The van der Waals surface area contributed by atoms with Gasteiger partial charge in [0, 0.05) is 12.3 Å². The van der Waals surface area contributed by atoms with Crippen molar-refractivity contribution in [3.63, 3.8) is 0 Å². The lowest BCUT2D eigenvalue weighted by atomic mass is 9.85. The largest absolute Gasteiger partial charge is 0.481 e. The number of thiazole rings is 1. The van der Waals surface area contributed by atoms with Gasteiger partial charge < -0.3 is 15.5 Å². The van der Waals surface area contributed by atoms with Gasteiger partial charge in [-0.2, -0.15) is 0 Å². The third-order valence-electron chi connectivity index (χ3n) is 3.55. The lowest BCUT2D eigenvalue weighted by Gasteiger charge is -2.25. The molecule has 1 aromatic heterocycles. The van der Waals surface area contributed by atoms with Crippen molar-refractivity contribution in [1.82, 2.24) is 10.3 Å². The monoisotopic (exact) mass is 382 g/mol. The maximum atomic E-state index is 12.4. The number of rotatable bonds is 9. The molecule has 0 bridgehead atoms. The lowest BCUT2D eigenvalue weighted by molar-refractivity contribution is -0.160. The van der Waals surface area contributed by atoms with E-state index in [1.54, 1.807) is 0 Å². The Bertz CT molecular complexity index is 759. The number of amides is 1. The summed E-state index contributed by atoms with van der Waals surface area (Å²) in [6, 6.07) is 7.46. The Morgan fingerprint density at radius 3 is 2.60 bits per heavy atom. The molecule has 1 amide bonds. The molecule has 1 atom stereocenters. The molecule has 2 aromatic rings. The number of hydrogen-bond acceptors (Lipinski definition) is 6. The van der Waals surface area contributed by atoms with Crippen LogP contribution < -0.4 is 5.32 Å². The topological polar surface area (TPSA) is 117 Å². The van der Waals surface area contributed by atoms with Crippen LogP contribution in [0.5, 0.6) is 0 Å². The van der Waals surface area contributed by atoms with E-state index in [0.29, 0.717) is 17.3 Å². The molecule has 0 aliphatic carbocycles. The molecule has 1 heterocycles. The number of thioether (sulfide) groups is 1. The predicted molar refractivity (Wildman–Crippen MR) is 96.0 cm³/mol. The molecular weight excluding hydrogens is 364 g/mol. The number of hydrogen-bond donors (Lipinski definition) is 3. The summed E-state index contributed by atoms with van der Waals surface area (Å²) in [6.45, 7) is 2.12. The molecule has 134 valence electrons. The number of benzene rings is 1. The van der Waals surface area contributed by atoms with E-state index >= 15 is 0 Å². The van der Waals surface area contributed by atoms with E-state index in [-0.39, 0.29) is 5.75 Å². The number of carbonyl (C=O) groups excluding carboxylic acids is 1. The van der Waals surface area contributed by atoms with Crippen molar-refractivity contribution >= 4 is 51.2 Å². The van der Waals surface area contributed by atoms with Crippen LogP contribution in [0, 0.1) is 5.41 Å². The van der Waals surface area contributed by atoms with Gasteiger partial charge in [0.25, 0.3) is 0 Å². The molecule has 0 saturated heterocycles. The molecule has 2 rings (SSSR count). The van der Waals surface area contributed by atoms with E-state index in [4.69, 9.17) is 5.11 Å². The Morgan fingerprint density at radius 2 is 2.00 bits per heavy atom. The smallest absolute Gasteiger partial charge is 0.320 e. The first-order chi connectivity index (χ1) is 11.9. The van der Waals surface area contributed by atoms with Gasteiger partial charge in [-0.25, -0.2) is 4.98 Å². The normalized spacial score (nSPS) is 13.3. The molecule has 0 saturated carbocycles. The molecule has 0 fully saturated rings. The fourth-order valence-electron chi connectivity index (χ4n) is 2.19. The number of carbonyl (C=O) groups is 3. The van der Waals surface area contributed by atoms with Crippen LogP contribution in [0.4, 0.5) is 0 Å². The Morgan fingerprint density at radius 1 is 1.28 bits per heavy atom. The zero-order valence-corrected chi connectivity index (χ0v) is 15.2. The second kappa shape index (κ2) is 8.30. The minimum Gasteiger partial charge on any atom is -0.481 e. The highest BCUT2D eigenvalue weighted by atomic mass is 32.2. The van der Waals surface area contributed by atoms with Gasteiger partial charge in [0.05, 0.1) is 16.6 Å². The Kier molecular flexibility index (Phi) is 6.38. The summed E-state index contributed by atoms with van der Waals surface area (Å²) in [5, 5.41) is 21.2. The average Bonchev–Trinajstić information content (AvgIpc) is 2.98. The fraction of sp³-hybridized carbons (Fsp3) is 0.375. The SMILES string of the molecule is CCCNC(=O)C(CSc1nc2ccccc2s1)(CC(=O)O)C(=O)O.